The molecule has 9 nitrogen and oxygen atoms in total. The van der Waals surface area contributed by atoms with Crippen molar-refractivity contribution in [1.82, 2.24) is 29.8 Å². The third kappa shape index (κ3) is 6.81. The molecule has 0 saturated heterocycles. The van der Waals surface area contributed by atoms with Gasteiger partial charge in [-0.15, -0.1) is 5.10 Å². The Kier molecular flexibility index (Phi) is 8.88. The quantitative estimate of drug-likeness (QED) is 0.173. The Labute approximate surface area is 254 Å². The third-order valence-electron chi connectivity index (χ3n) is 6.64. The summed E-state index contributed by atoms with van der Waals surface area (Å²) in [5.41, 5.74) is 4.36. The predicted octanol–water partition coefficient (Wildman–Crippen LogP) is 6.46. The molecule has 0 aliphatic heterocycles. The van der Waals surface area contributed by atoms with Crippen molar-refractivity contribution in [3.63, 3.8) is 0 Å². The fraction of sp³-hybridized carbons (Fsp3) is 0.179. The summed E-state index contributed by atoms with van der Waals surface area (Å²) in [6.07, 6.45) is -0.145. The van der Waals surface area contributed by atoms with E-state index in [0.717, 1.165) is 16.8 Å². The van der Waals surface area contributed by atoms with Crippen molar-refractivity contribution in [2.24, 2.45) is 5.73 Å². The molecule has 1 unspecified atom stereocenters. The van der Waals surface area contributed by atoms with Gasteiger partial charge in [-0.3, -0.25) is 14.5 Å². The second-order valence-electron chi connectivity index (χ2n) is 9.48. The number of benzene rings is 2. The minimum atomic E-state index is -4.79. The number of amides is 1. The number of nitrogens with zero attached hydrogens (tertiary/aromatic N) is 6. The molecule has 0 bridgehead atoms. The van der Waals surface area contributed by atoms with E-state index in [-0.39, 0.29) is 39.5 Å². The number of carbonyl (C=O) groups excluding carboxylic acids is 1. The minimum Gasteiger partial charge on any atom is -0.366 e. The molecule has 45 heavy (non-hydrogen) atoms. The first kappa shape index (κ1) is 31.6. The number of halogens is 8. The van der Waals surface area contributed by atoms with Crippen LogP contribution in [0.25, 0.3) is 27.9 Å². The summed E-state index contributed by atoms with van der Waals surface area (Å²) >= 11 is 5.98. The molecular weight excluding hydrogens is 635 g/mol. The Hall–Kier alpha value is -4.83. The van der Waals surface area contributed by atoms with Gasteiger partial charge in [0.25, 0.3) is 5.91 Å². The fourth-order valence-corrected chi connectivity index (χ4v) is 4.66. The number of hydrogen-bond acceptors (Lipinski definition) is 6. The summed E-state index contributed by atoms with van der Waals surface area (Å²) in [4.78, 5) is 15.7. The fourth-order valence-electron chi connectivity index (χ4n) is 4.50. The predicted molar refractivity (Wildman–Crippen MR) is 145 cm³/mol. The molecule has 1 amide bonds. The van der Waals surface area contributed by atoms with Gasteiger partial charge < -0.3 is 10.5 Å². The first-order valence-electron chi connectivity index (χ1n) is 12.8. The monoisotopic (exact) mass is 653 g/mol. The van der Waals surface area contributed by atoms with Crippen LogP contribution in [-0.2, 0) is 10.9 Å². The molecule has 0 saturated carbocycles. The molecule has 3 aromatic heterocycles. The van der Waals surface area contributed by atoms with Gasteiger partial charge in [0.1, 0.15) is 5.82 Å². The van der Waals surface area contributed by atoms with Crippen LogP contribution < -0.4 is 5.73 Å². The highest BCUT2D eigenvalue weighted by Gasteiger charge is 2.35. The van der Waals surface area contributed by atoms with Gasteiger partial charge in [-0.1, -0.05) is 28.9 Å². The Morgan fingerprint density at radius 2 is 1.76 bits per heavy atom. The average molecular weight is 654 g/mol. The lowest BCUT2D eigenvalue weighted by Crippen LogP contribution is -2.16. The number of ether oxygens (including phenoxy) is 1. The number of primary amides is 1. The van der Waals surface area contributed by atoms with E-state index in [4.69, 9.17) is 17.3 Å². The molecule has 17 heteroatoms. The maximum atomic E-state index is 15.3. The molecule has 3 heterocycles. The van der Waals surface area contributed by atoms with Crippen LogP contribution in [-0.4, -0.2) is 48.9 Å². The molecule has 234 valence electrons. The molecular formula is C28H19ClF7N7O2. The standard InChI is InChI=1S/C28H19ClF7N7O2/c29-18-4-6-22(43-13-23(40-41-43)28(34,35)36)24(25(18)31)15-2-5-20(38-10-15)21(7-8-45-27(32)33)42-12-16(11-39-42)14-1-3-17(26(37)44)19(30)9-14/h1-6,9-13,21,27H,7-8H2,(H2,37,44). The van der Waals surface area contributed by atoms with Gasteiger partial charge in [0, 0.05) is 29.1 Å². The molecule has 0 aliphatic carbocycles. The second kappa shape index (κ2) is 12.6. The van der Waals surface area contributed by atoms with Crippen molar-refractivity contribution in [3.8, 4) is 27.9 Å². The minimum absolute atomic E-state index is 0.0528. The summed E-state index contributed by atoms with van der Waals surface area (Å²) in [6, 6.07) is 8.21. The van der Waals surface area contributed by atoms with E-state index in [2.05, 4.69) is 25.1 Å². The van der Waals surface area contributed by atoms with Gasteiger partial charge in [-0.2, -0.15) is 27.1 Å². The Balaban J connectivity index is 1.50. The van der Waals surface area contributed by atoms with Crippen LogP contribution in [0, 0.1) is 11.6 Å². The lowest BCUT2D eigenvalue weighted by Gasteiger charge is -2.18. The van der Waals surface area contributed by atoms with Crippen molar-refractivity contribution < 1.29 is 40.3 Å². The summed E-state index contributed by atoms with van der Waals surface area (Å²) < 4.78 is 101. The smallest absolute Gasteiger partial charge is 0.366 e. The van der Waals surface area contributed by atoms with E-state index in [0.29, 0.717) is 17.3 Å². The number of nitrogens with two attached hydrogens (primary N) is 1. The van der Waals surface area contributed by atoms with E-state index in [1.54, 1.807) is 0 Å². The van der Waals surface area contributed by atoms with E-state index >= 15 is 4.39 Å². The highest BCUT2D eigenvalue weighted by atomic mass is 35.5. The highest BCUT2D eigenvalue weighted by Crippen LogP contribution is 2.35. The SMILES string of the molecule is NC(=O)c1ccc(-c2cnn(C(CCOC(F)F)c3ccc(-c4c(-n5cc(C(F)(F)F)nn5)ccc(Cl)c4F)cn3)c2)cc1F. The van der Waals surface area contributed by atoms with Crippen LogP contribution in [0.4, 0.5) is 30.7 Å². The number of alkyl halides is 5. The molecule has 0 fully saturated rings. The maximum absolute atomic E-state index is 15.3. The van der Waals surface area contributed by atoms with Gasteiger partial charge in [0.05, 0.1) is 47.0 Å². The molecule has 5 aromatic rings. The van der Waals surface area contributed by atoms with Crippen molar-refractivity contribution in [2.75, 3.05) is 6.61 Å². The van der Waals surface area contributed by atoms with E-state index in [9.17, 15) is 31.1 Å². The van der Waals surface area contributed by atoms with Crippen molar-refractivity contribution >= 4 is 17.5 Å². The average Bonchev–Trinajstić information content (AvgIpc) is 3.68. The van der Waals surface area contributed by atoms with Crippen molar-refractivity contribution in [2.45, 2.75) is 25.3 Å². The van der Waals surface area contributed by atoms with E-state index in [1.165, 1.54) is 53.6 Å². The van der Waals surface area contributed by atoms with Crippen LogP contribution in [0.3, 0.4) is 0 Å². The topological polar surface area (TPSA) is 114 Å². The highest BCUT2D eigenvalue weighted by molar-refractivity contribution is 6.31. The Bertz CT molecular complexity index is 1840. The zero-order valence-electron chi connectivity index (χ0n) is 22.5. The van der Waals surface area contributed by atoms with Crippen LogP contribution >= 0.6 is 11.6 Å². The van der Waals surface area contributed by atoms with Gasteiger partial charge in [-0.05, 0) is 42.3 Å². The number of carbonyl (C=O) groups is 1. The van der Waals surface area contributed by atoms with E-state index < -0.39 is 48.7 Å². The first-order chi connectivity index (χ1) is 21.3. The molecule has 5 rings (SSSR count). The summed E-state index contributed by atoms with van der Waals surface area (Å²) in [7, 11) is 0. The van der Waals surface area contributed by atoms with Gasteiger partial charge in [0.2, 0.25) is 0 Å². The molecule has 2 aromatic carbocycles. The number of pyridine rings is 1. The molecule has 2 N–H and O–H groups in total. The summed E-state index contributed by atoms with van der Waals surface area (Å²) in [5.74, 6) is -2.75. The van der Waals surface area contributed by atoms with Gasteiger partial charge >= 0.3 is 12.8 Å². The van der Waals surface area contributed by atoms with E-state index in [1.807, 2.05) is 0 Å². The molecule has 0 spiro atoms. The lowest BCUT2D eigenvalue weighted by molar-refractivity contribution is -0.141. The van der Waals surface area contributed by atoms with Crippen LogP contribution in [0.15, 0.2) is 67.3 Å². The molecule has 0 aliphatic rings. The van der Waals surface area contributed by atoms with Gasteiger partial charge in [0.15, 0.2) is 11.5 Å². The van der Waals surface area contributed by atoms with Crippen molar-refractivity contribution in [1.29, 1.82) is 0 Å². The second-order valence-corrected chi connectivity index (χ2v) is 9.88. The van der Waals surface area contributed by atoms with Crippen molar-refractivity contribution in [3.05, 3.63) is 101 Å². The Morgan fingerprint density at radius 1 is 1.00 bits per heavy atom. The van der Waals surface area contributed by atoms with Crippen LogP contribution in [0.2, 0.25) is 5.02 Å². The normalized spacial score (nSPS) is 12.6. The number of aromatic nitrogens is 6. The Morgan fingerprint density at radius 3 is 2.38 bits per heavy atom. The largest absolute Gasteiger partial charge is 0.436 e. The zero-order chi connectivity index (χ0) is 32.5. The third-order valence-corrected chi connectivity index (χ3v) is 6.94. The zero-order valence-corrected chi connectivity index (χ0v) is 23.3. The first-order valence-corrected chi connectivity index (χ1v) is 13.2. The summed E-state index contributed by atoms with van der Waals surface area (Å²) in [5, 5.41) is 10.5. The molecule has 1 atom stereocenters. The van der Waals surface area contributed by atoms with Gasteiger partial charge in [-0.25, -0.2) is 13.5 Å². The summed E-state index contributed by atoms with van der Waals surface area (Å²) in [6.45, 7) is -3.45. The van der Waals surface area contributed by atoms with Crippen LogP contribution in [0.1, 0.15) is 34.2 Å². The molecule has 0 radical (unpaired) electrons. The number of rotatable bonds is 10. The van der Waals surface area contributed by atoms with Crippen LogP contribution in [0.5, 0.6) is 0 Å². The lowest BCUT2D eigenvalue weighted by atomic mass is 10.0. The maximum Gasteiger partial charge on any atom is 0.436 e. The number of hydrogen-bond donors (Lipinski definition) is 1.